The molecule has 0 heterocycles. The van der Waals surface area contributed by atoms with Crippen molar-refractivity contribution in [2.45, 2.75) is 12.8 Å². The number of allylic oxidation sites excluding steroid dienone is 2. The minimum absolute atomic E-state index is 0.187. The van der Waals surface area contributed by atoms with Crippen molar-refractivity contribution in [3.63, 3.8) is 0 Å². The lowest BCUT2D eigenvalue weighted by Gasteiger charge is -2.09. The van der Waals surface area contributed by atoms with Crippen LogP contribution in [0, 0.1) is 0 Å². The molecule has 3 nitrogen and oxygen atoms in total. The third kappa shape index (κ3) is 1.61. The Morgan fingerprint density at radius 1 is 1.50 bits per heavy atom. The number of rotatable bonds is 2. The van der Waals surface area contributed by atoms with E-state index in [1.165, 1.54) is 0 Å². The van der Waals surface area contributed by atoms with Crippen molar-refractivity contribution in [1.82, 2.24) is 5.32 Å². The monoisotopic (exact) mass is 165 g/mol. The minimum atomic E-state index is -0.187. The highest BCUT2D eigenvalue weighted by Crippen LogP contribution is 2.16. The molecule has 0 aromatic rings. The van der Waals surface area contributed by atoms with Crippen LogP contribution in [0.15, 0.2) is 23.3 Å². The summed E-state index contributed by atoms with van der Waals surface area (Å²) in [5.74, 6) is -0.187. The van der Waals surface area contributed by atoms with E-state index < -0.39 is 0 Å². The van der Waals surface area contributed by atoms with Crippen LogP contribution in [0.1, 0.15) is 12.8 Å². The molecule has 1 aliphatic rings. The van der Waals surface area contributed by atoms with E-state index >= 15 is 0 Å². The number of hydrogen-bond acceptors (Lipinski definition) is 2. The first-order valence-corrected chi connectivity index (χ1v) is 3.87. The van der Waals surface area contributed by atoms with Crippen LogP contribution < -0.4 is 5.32 Å². The van der Waals surface area contributed by atoms with Crippen molar-refractivity contribution in [2.75, 3.05) is 7.05 Å². The molecule has 0 saturated carbocycles. The molecule has 0 aromatic carbocycles. The lowest BCUT2D eigenvalue weighted by Crippen LogP contribution is -2.22. The zero-order chi connectivity index (χ0) is 8.97. The van der Waals surface area contributed by atoms with Crippen LogP contribution >= 0.6 is 0 Å². The van der Waals surface area contributed by atoms with Crippen LogP contribution in [-0.2, 0) is 9.59 Å². The first-order chi connectivity index (χ1) is 5.79. The third-order valence-corrected chi connectivity index (χ3v) is 1.79. The summed E-state index contributed by atoms with van der Waals surface area (Å²) in [4.78, 5) is 21.7. The second kappa shape index (κ2) is 3.85. The summed E-state index contributed by atoms with van der Waals surface area (Å²) >= 11 is 0. The fourth-order valence-corrected chi connectivity index (χ4v) is 1.16. The fourth-order valence-electron chi connectivity index (χ4n) is 1.16. The minimum Gasteiger partial charge on any atom is -0.355 e. The van der Waals surface area contributed by atoms with E-state index in [-0.39, 0.29) is 5.91 Å². The summed E-state index contributed by atoms with van der Waals surface area (Å²) in [6, 6.07) is 0. The van der Waals surface area contributed by atoms with Gasteiger partial charge in [0.1, 0.15) is 0 Å². The van der Waals surface area contributed by atoms with Crippen LogP contribution in [-0.4, -0.2) is 19.2 Å². The van der Waals surface area contributed by atoms with Gasteiger partial charge in [-0.15, -0.1) is 0 Å². The Labute approximate surface area is 71.1 Å². The first kappa shape index (κ1) is 8.71. The van der Waals surface area contributed by atoms with Crippen LogP contribution in [0.25, 0.3) is 0 Å². The number of nitrogens with one attached hydrogen (secondary N) is 1. The molecule has 12 heavy (non-hydrogen) atoms. The SMILES string of the molecule is CNC(=O)C1=CCCC=C1C=O. The fraction of sp³-hybridized carbons (Fsp3) is 0.333. The largest absolute Gasteiger partial charge is 0.355 e. The Hall–Kier alpha value is -1.38. The Balaban J connectivity index is 2.87. The molecule has 0 aromatic heterocycles. The number of amides is 1. The number of likely N-dealkylation sites (N-methyl/N-ethyl adjacent to an activating group) is 1. The molecule has 0 atom stereocenters. The predicted octanol–water partition coefficient (Wildman–Crippen LogP) is 0.578. The van der Waals surface area contributed by atoms with Gasteiger partial charge in [-0.1, -0.05) is 12.2 Å². The molecule has 1 rings (SSSR count). The summed E-state index contributed by atoms with van der Waals surface area (Å²) in [7, 11) is 1.56. The van der Waals surface area contributed by atoms with Crippen molar-refractivity contribution >= 4 is 12.2 Å². The molecule has 3 heteroatoms. The van der Waals surface area contributed by atoms with Crippen LogP contribution in [0.4, 0.5) is 0 Å². The zero-order valence-corrected chi connectivity index (χ0v) is 6.96. The van der Waals surface area contributed by atoms with Gasteiger partial charge in [-0.2, -0.15) is 0 Å². The van der Waals surface area contributed by atoms with Gasteiger partial charge in [-0.25, -0.2) is 0 Å². The van der Waals surface area contributed by atoms with E-state index in [0.29, 0.717) is 11.1 Å². The quantitative estimate of drug-likeness (QED) is 0.608. The molecule has 0 bridgehead atoms. The highest BCUT2D eigenvalue weighted by molar-refractivity contribution is 6.05. The molecular formula is C9H11NO2. The van der Waals surface area contributed by atoms with Crippen molar-refractivity contribution < 1.29 is 9.59 Å². The smallest absolute Gasteiger partial charge is 0.251 e. The van der Waals surface area contributed by atoms with E-state index in [4.69, 9.17) is 0 Å². The van der Waals surface area contributed by atoms with Crippen molar-refractivity contribution in [3.05, 3.63) is 23.3 Å². The van der Waals surface area contributed by atoms with Gasteiger partial charge in [-0.05, 0) is 12.8 Å². The maximum absolute atomic E-state index is 11.2. The summed E-state index contributed by atoms with van der Waals surface area (Å²) in [5.41, 5.74) is 0.999. The zero-order valence-electron chi connectivity index (χ0n) is 6.96. The normalized spacial score (nSPS) is 16.1. The van der Waals surface area contributed by atoms with E-state index in [1.807, 2.05) is 0 Å². The Kier molecular flexibility index (Phi) is 2.80. The average Bonchev–Trinajstić information content (AvgIpc) is 2.16. The molecule has 64 valence electrons. The number of aldehydes is 1. The standard InChI is InChI=1S/C9H11NO2/c1-10-9(12)8-5-3-2-4-7(8)6-11/h4-6H,2-3H2,1H3,(H,10,12). The summed E-state index contributed by atoms with van der Waals surface area (Å²) in [5, 5.41) is 2.49. The molecular weight excluding hydrogens is 154 g/mol. The second-order valence-corrected chi connectivity index (χ2v) is 2.55. The molecule has 0 spiro atoms. The van der Waals surface area contributed by atoms with Gasteiger partial charge < -0.3 is 5.32 Å². The van der Waals surface area contributed by atoms with E-state index in [2.05, 4.69) is 5.32 Å². The molecule has 1 N–H and O–H groups in total. The number of carbonyl (C=O) groups excluding carboxylic acids is 2. The van der Waals surface area contributed by atoms with E-state index in [1.54, 1.807) is 19.2 Å². The molecule has 0 fully saturated rings. The van der Waals surface area contributed by atoms with Crippen molar-refractivity contribution in [2.24, 2.45) is 0 Å². The van der Waals surface area contributed by atoms with Gasteiger partial charge in [-0.3, -0.25) is 9.59 Å². The van der Waals surface area contributed by atoms with Gasteiger partial charge in [0.15, 0.2) is 6.29 Å². The highest BCUT2D eigenvalue weighted by Gasteiger charge is 2.13. The maximum atomic E-state index is 11.2. The molecule has 0 unspecified atom stereocenters. The predicted molar refractivity (Wildman–Crippen MR) is 45.5 cm³/mol. The van der Waals surface area contributed by atoms with Crippen LogP contribution in [0.3, 0.4) is 0 Å². The van der Waals surface area contributed by atoms with Gasteiger partial charge in [0.05, 0.1) is 0 Å². The number of carbonyl (C=O) groups is 2. The summed E-state index contributed by atoms with van der Waals surface area (Å²) in [6.45, 7) is 0. The Morgan fingerprint density at radius 2 is 2.17 bits per heavy atom. The van der Waals surface area contributed by atoms with E-state index in [9.17, 15) is 9.59 Å². The van der Waals surface area contributed by atoms with Gasteiger partial charge in [0, 0.05) is 18.2 Å². The van der Waals surface area contributed by atoms with Crippen molar-refractivity contribution in [3.8, 4) is 0 Å². The van der Waals surface area contributed by atoms with Crippen LogP contribution in [0.2, 0.25) is 0 Å². The molecule has 0 saturated heterocycles. The maximum Gasteiger partial charge on any atom is 0.251 e. The second-order valence-electron chi connectivity index (χ2n) is 2.55. The highest BCUT2D eigenvalue weighted by atomic mass is 16.1. The van der Waals surface area contributed by atoms with E-state index in [0.717, 1.165) is 19.1 Å². The Morgan fingerprint density at radius 3 is 2.75 bits per heavy atom. The topological polar surface area (TPSA) is 46.2 Å². The van der Waals surface area contributed by atoms with Crippen molar-refractivity contribution in [1.29, 1.82) is 0 Å². The third-order valence-electron chi connectivity index (χ3n) is 1.79. The van der Waals surface area contributed by atoms with Gasteiger partial charge >= 0.3 is 0 Å². The number of hydrogen-bond donors (Lipinski definition) is 1. The molecule has 1 aliphatic carbocycles. The molecule has 0 aliphatic heterocycles. The lowest BCUT2D eigenvalue weighted by atomic mass is 9.98. The Bertz CT molecular complexity index is 264. The van der Waals surface area contributed by atoms with Gasteiger partial charge in [0.2, 0.25) is 0 Å². The lowest BCUT2D eigenvalue weighted by molar-refractivity contribution is -0.117. The summed E-state index contributed by atoms with van der Waals surface area (Å²) < 4.78 is 0. The first-order valence-electron chi connectivity index (χ1n) is 3.87. The van der Waals surface area contributed by atoms with Gasteiger partial charge in [0.25, 0.3) is 5.91 Å². The van der Waals surface area contributed by atoms with Crippen LogP contribution in [0.5, 0.6) is 0 Å². The molecule has 1 amide bonds. The molecule has 0 radical (unpaired) electrons. The summed E-state index contributed by atoms with van der Waals surface area (Å²) in [6.07, 6.45) is 5.98. The average molecular weight is 165 g/mol.